The number of aromatic amines is 2. The molecule has 0 amide bonds. The number of ether oxygens (including phenoxy) is 2. The lowest BCUT2D eigenvalue weighted by Gasteiger charge is -2.25. The lowest BCUT2D eigenvalue weighted by atomic mass is 9.91. The van der Waals surface area contributed by atoms with Crippen molar-refractivity contribution in [3.8, 4) is 23.0 Å². The summed E-state index contributed by atoms with van der Waals surface area (Å²) in [6.07, 6.45) is 12.7. The highest BCUT2D eigenvalue weighted by molar-refractivity contribution is 5.86. The van der Waals surface area contributed by atoms with E-state index in [9.17, 15) is 29.4 Å². The number of rotatable bonds is 16. The van der Waals surface area contributed by atoms with Gasteiger partial charge in [-0.3, -0.25) is 29.5 Å². The molecule has 4 N–H and O–H groups in total. The molecule has 1 fully saturated rings. The summed E-state index contributed by atoms with van der Waals surface area (Å²) in [7, 11) is 0. The second-order valence-corrected chi connectivity index (χ2v) is 13.0. The Kier molecular flexibility index (Phi) is 13.0. The molecule has 2 aromatic heterocycles. The number of unbranched alkanes of at least 4 members (excludes halogenated alkanes) is 2. The number of benzene rings is 2. The minimum Gasteiger partial charge on any atom is -0.504 e. The van der Waals surface area contributed by atoms with E-state index < -0.39 is 11.4 Å². The molecule has 14 nitrogen and oxygen atoms in total. The Morgan fingerprint density at radius 1 is 0.692 bits per heavy atom. The minimum absolute atomic E-state index is 0.00302. The lowest BCUT2D eigenvalue weighted by molar-refractivity contribution is 0.287. The Bertz CT molecular complexity index is 1980. The van der Waals surface area contributed by atoms with Crippen molar-refractivity contribution in [2.45, 2.75) is 90.4 Å². The van der Waals surface area contributed by atoms with Crippen LogP contribution in [0.4, 0.5) is 0 Å². The summed E-state index contributed by atoms with van der Waals surface area (Å²) in [6, 6.07) is 10.3. The third-order valence-corrected chi connectivity index (χ3v) is 9.04. The van der Waals surface area contributed by atoms with Crippen LogP contribution < -0.4 is 32.0 Å². The van der Waals surface area contributed by atoms with E-state index in [2.05, 4.69) is 9.97 Å². The number of H-pyrrole nitrogens is 2. The monoisotopic (exact) mass is 714 g/mol. The van der Waals surface area contributed by atoms with Gasteiger partial charge >= 0.3 is 11.4 Å². The van der Waals surface area contributed by atoms with E-state index >= 15 is 0 Å². The molecule has 1 aliphatic rings. The van der Waals surface area contributed by atoms with Gasteiger partial charge < -0.3 is 28.8 Å². The van der Waals surface area contributed by atoms with Crippen molar-refractivity contribution >= 4 is 12.4 Å². The molecule has 0 radical (unpaired) electrons. The molecule has 0 aliphatic heterocycles. The number of aryl methyl sites for hydroxylation is 4. The minimum atomic E-state index is -0.440. The quantitative estimate of drug-likeness (QED) is 0.0989. The lowest BCUT2D eigenvalue weighted by Crippen LogP contribution is -2.30. The number of para-hydroxylation sites is 2. The van der Waals surface area contributed by atoms with Crippen LogP contribution in [0.5, 0.6) is 23.0 Å². The zero-order valence-corrected chi connectivity index (χ0v) is 29.5. The third-order valence-electron chi connectivity index (χ3n) is 9.04. The fraction of sp³-hybridized carbons (Fsp3) is 0.421. The summed E-state index contributed by atoms with van der Waals surface area (Å²) < 4.78 is 14.6. The molecule has 2 heterocycles. The first kappa shape index (κ1) is 37.6. The van der Waals surface area contributed by atoms with Crippen LogP contribution in [-0.4, -0.2) is 67.0 Å². The molecular formula is C38H46N6O8. The van der Waals surface area contributed by atoms with Crippen LogP contribution in [0.1, 0.15) is 73.6 Å². The fourth-order valence-electron chi connectivity index (χ4n) is 6.01. The number of hydrogen-bond donors (Lipinski definition) is 4. The van der Waals surface area contributed by atoms with Crippen LogP contribution >= 0.6 is 0 Å². The summed E-state index contributed by atoms with van der Waals surface area (Å²) in [5.41, 5.74) is 0.366. The van der Waals surface area contributed by atoms with Gasteiger partial charge in [-0.1, -0.05) is 25.0 Å². The van der Waals surface area contributed by atoms with Gasteiger partial charge in [-0.05, 0) is 76.6 Å². The maximum absolute atomic E-state index is 12.0. The molecule has 2 aromatic carbocycles. The van der Waals surface area contributed by atoms with Gasteiger partial charge in [0.05, 0.1) is 25.3 Å². The van der Waals surface area contributed by atoms with Crippen molar-refractivity contribution in [1.82, 2.24) is 19.1 Å². The Morgan fingerprint density at radius 3 is 1.54 bits per heavy atom. The van der Waals surface area contributed by atoms with Gasteiger partial charge in [0, 0.05) is 60.2 Å². The van der Waals surface area contributed by atoms with Gasteiger partial charge in [0.1, 0.15) is 0 Å². The van der Waals surface area contributed by atoms with Crippen molar-refractivity contribution in [1.29, 1.82) is 0 Å². The van der Waals surface area contributed by atoms with E-state index in [0.717, 1.165) is 25.7 Å². The van der Waals surface area contributed by atoms with Crippen molar-refractivity contribution < 1.29 is 19.7 Å². The van der Waals surface area contributed by atoms with Crippen LogP contribution in [0, 0.1) is 13.8 Å². The average Bonchev–Trinajstić information content (AvgIpc) is 3.12. The molecular weight excluding hydrogens is 668 g/mol. The largest absolute Gasteiger partial charge is 0.504 e. The molecule has 1 saturated carbocycles. The summed E-state index contributed by atoms with van der Waals surface area (Å²) in [4.78, 5) is 61.3. The molecule has 1 aliphatic carbocycles. The first-order valence-corrected chi connectivity index (χ1v) is 17.7. The zero-order chi connectivity index (χ0) is 37.0. The zero-order valence-electron chi connectivity index (χ0n) is 29.5. The van der Waals surface area contributed by atoms with E-state index in [1.165, 1.54) is 9.13 Å². The van der Waals surface area contributed by atoms with E-state index in [1.807, 2.05) is 0 Å². The molecule has 276 valence electrons. The normalized spacial score (nSPS) is 16.1. The van der Waals surface area contributed by atoms with Gasteiger partial charge in [0.15, 0.2) is 23.0 Å². The number of aromatic hydroxyl groups is 2. The number of hydrogen-bond acceptors (Lipinski definition) is 10. The first-order valence-electron chi connectivity index (χ1n) is 17.7. The van der Waals surface area contributed by atoms with Gasteiger partial charge in [0.2, 0.25) is 0 Å². The molecule has 2 atom stereocenters. The van der Waals surface area contributed by atoms with E-state index in [4.69, 9.17) is 19.5 Å². The number of aromatic nitrogens is 4. The van der Waals surface area contributed by atoms with Crippen molar-refractivity contribution in [3.05, 3.63) is 113 Å². The van der Waals surface area contributed by atoms with Crippen LogP contribution in [0.2, 0.25) is 0 Å². The second kappa shape index (κ2) is 18.0. The van der Waals surface area contributed by atoms with E-state index in [-0.39, 0.29) is 34.7 Å². The van der Waals surface area contributed by atoms with Gasteiger partial charge in [0.25, 0.3) is 11.1 Å². The molecule has 14 heteroatoms. The number of nitrogens with one attached hydrogen (secondary N) is 2. The maximum Gasteiger partial charge on any atom is 0.328 e. The standard InChI is InChI=1S/C38H46N6O8/c1-25-23-43(37(49)41-35(25)47)17-5-7-19-51-31-15-9-11-27(33(31)45)21-39-29-13-3-4-14-30(29)40-22-28-12-10-16-32(34(28)46)52-20-8-6-18-44-24-26(2)36(48)42-38(44)50/h9-12,15-16,21-24,29-30,45-46H,3-8,13-14,17-20H2,1-2H3,(H,41,47,49)(H,42,48,50)/t29-,30+. The topological polar surface area (TPSA) is 193 Å². The van der Waals surface area contributed by atoms with Gasteiger partial charge in [-0.2, -0.15) is 0 Å². The fourth-order valence-corrected chi connectivity index (χ4v) is 6.01. The highest BCUT2D eigenvalue weighted by atomic mass is 16.5. The Labute approximate surface area is 300 Å². The predicted octanol–water partition coefficient (Wildman–Crippen LogP) is 3.98. The van der Waals surface area contributed by atoms with Crippen molar-refractivity contribution in [3.63, 3.8) is 0 Å². The van der Waals surface area contributed by atoms with Gasteiger partial charge in [-0.25, -0.2) is 9.59 Å². The van der Waals surface area contributed by atoms with Crippen LogP contribution in [-0.2, 0) is 13.1 Å². The van der Waals surface area contributed by atoms with Crippen molar-refractivity contribution in [2.24, 2.45) is 9.98 Å². The van der Waals surface area contributed by atoms with Crippen LogP contribution in [0.25, 0.3) is 0 Å². The molecule has 4 aromatic rings. The highest BCUT2D eigenvalue weighted by Crippen LogP contribution is 2.31. The Balaban J connectivity index is 1.12. The number of nitrogens with zero attached hydrogens (tertiary/aromatic N) is 4. The first-order chi connectivity index (χ1) is 25.1. The molecule has 0 spiro atoms. The Hall–Kier alpha value is -5.66. The SMILES string of the molecule is Cc1cn(CCCCOc2cccc(C=N[C@H]3CCCC[C@H]3N=Cc3cccc(OCCCCn4cc(C)c(=O)[nH]c4=O)c3O)c2O)c(=O)[nH]c1=O. The smallest absolute Gasteiger partial charge is 0.328 e. The summed E-state index contributed by atoms with van der Waals surface area (Å²) in [6.45, 7) is 4.86. The number of phenolic OH excluding ortho intramolecular Hbond substituents is 2. The van der Waals surface area contributed by atoms with E-state index in [1.54, 1.807) is 75.1 Å². The number of phenols is 2. The maximum atomic E-state index is 12.0. The molecule has 52 heavy (non-hydrogen) atoms. The van der Waals surface area contributed by atoms with Crippen LogP contribution in [0.15, 0.2) is 78.0 Å². The van der Waals surface area contributed by atoms with Gasteiger partial charge in [-0.15, -0.1) is 0 Å². The van der Waals surface area contributed by atoms with Crippen LogP contribution in [0.3, 0.4) is 0 Å². The molecule has 5 rings (SSSR count). The van der Waals surface area contributed by atoms with E-state index in [0.29, 0.717) is 85.7 Å². The summed E-state index contributed by atoms with van der Waals surface area (Å²) in [5, 5.41) is 21.8. The summed E-state index contributed by atoms with van der Waals surface area (Å²) >= 11 is 0. The molecule has 0 saturated heterocycles. The highest BCUT2D eigenvalue weighted by Gasteiger charge is 2.23. The second-order valence-electron chi connectivity index (χ2n) is 13.0. The average molecular weight is 715 g/mol. The predicted molar refractivity (Wildman–Crippen MR) is 199 cm³/mol. The number of aliphatic imine (C=N–C) groups is 2. The molecule has 0 unspecified atom stereocenters. The third kappa shape index (κ3) is 9.98. The molecule has 0 bridgehead atoms. The Morgan fingerprint density at radius 2 is 1.12 bits per heavy atom. The van der Waals surface area contributed by atoms with Crippen molar-refractivity contribution in [2.75, 3.05) is 13.2 Å². The summed E-state index contributed by atoms with van der Waals surface area (Å²) in [5.74, 6) is 0.681.